The zero-order chi connectivity index (χ0) is 15.3. The molecule has 0 unspecified atom stereocenters. The molecule has 5 N–H and O–H groups in total. The predicted octanol–water partition coefficient (Wildman–Crippen LogP) is 2.13. The molecule has 1 rings (SSSR count). The Hall–Kier alpha value is -2.24. The fraction of sp³-hybridized carbons (Fsp3) is 0.429. The van der Waals surface area contributed by atoms with Gasteiger partial charge in [-0.2, -0.15) is 0 Å². The number of carboxylic acids is 1. The highest BCUT2D eigenvalue weighted by atomic mass is 16.4. The molecule has 1 atom stereocenters. The first-order valence-corrected chi connectivity index (χ1v) is 6.62. The molecule has 0 saturated carbocycles. The second-order valence-electron chi connectivity index (χ2n) is 4.60. The fourth-order valence-corrected chi connectivity index (χ4v) is 1.80. The lowest BCUT2D eigenvalue weighted by Gasteiger charge is -2.18. The average Bonchev–Trinajstić information content (AvgIpc) is 2.39. The summed E-state index contributed by atoms with van der Waals surface area (Å²) in [4.78, 5) is 22.8. The Balaban J connectivity index is 3.36. The standard InChI is InChI=1S/C14H21N3O3/c1-4-8(3)17-12-7-10(14(19)20)11(16-5-2)6-9(12)13(15)18/h6-8,16-17H,4-5H2,1-3H3,(H2,15,18)(H,19,20)/t8-/m1/s1. The van der Waals surface area contributed by atoms with Gasteiger partial charge in [0.1, 0.15) is 0 Å². The van der Waals surface area contributed by atoms with Crippen molar-refractivity contribution in [2.24, 2.45) is 5.73 Å². The van der Waals surface area contributed by atoms with Crippen molar-refractivity contribution in [3.63, 3.8) is 0 Å². The maximum absolute atomic E-state index is 11.5. The molecule has 6 nitrogen and oxygen atoms in total. The summed E-state index contributed by atoms with van der Waals surface area (Å²) >= 11 is 0. The van der Waals surface area contributed by atoms with Crippen LogP contribution < -0.4 is 16.4 Å². The topological polar surface area (TPSA) is 104 Å². The molecule has 110 valence electrons. The fourth-order valence-electron chi connectivity index (χ4n) is 1.80. The quantitative estimate of drug-likeness (QED) is 0.612. The van der Waals surface area contributed by atoms with Crippen LogP contribution in [0.2, 0.25) is 0 Å². The molecular formula is C14H21N3O3. The molecular weight excluding hydrogens is 258 g/mol. The van der Waals surface area contributed by atoms with Gasteiger partial charge in [0, 0.05) is 24.0 Å². The molecule has 1 amide bonds. The average molecular weight is 279 g/mol. The van der Waals surface area contributed by atoms with Crippen LogP contribution in [0.25, 0.3) is 0 Å². The van der Waals surface area contributed by atoms with Gasteiger partial charge < -0.3 is 21.5 Å². The molecule has 0 radical (unpaired) electrons. The van der Waals surface area contributed by atoms with Crippen LogP contribution in [0.15, 0.2) is 12.1 Å². The van der Waals surface area contributed by atoms with Gasteiger partial charge in [-0.15, -0.1) is 0 Å². The number of hydrogen-bond acceptors (Lipinski definition) is 4. The number of primary amides is 1. The minimum Gasteiger partial charge on any atom is -0.478 e. The van der Waals surface area contributed by atoms with Gasteiger partial charge in [-0.05, 0) is 32.4 Å². The first-order chi connectivity index (χ1) is 9.40. The Labute approximate surface area is 118 Å². The Morgan fingerprint density at radius 1 is 1.25 bits per heavy atom. The van der Waals surface area contributed by atoms with Crippen LogP contribution >= 0.6 is 0 Å². The number of carbonyl (C=O) groups is 2. The van der Waals surface area contributed by atoms with Crippen molar-refractivity contribution in [1.29, 1.82) is 0 Å². The SMILES string of the molecule is CCNc1cc(C(N)=O)c(N[C@H](C)CC)cc1C(=O)O. The second kappa shape index (κ2) is 6.79. The Kier molecular flexibility index (Phi) is 5.37. The minimum absolute atomic E-state index is 0.111. The molecule has 0 aliphatic heterocycles. The lowest BCUT2D eigenvalue weighted by molar-refractivity contribution is 0.0697. The van der Waals surface area contributed by atoms with Crippen molar-refractivity contribution in [2.45, 2.75) is 33.2 Å². The highest BCUT2D eigenvalue weighted by Gasteiger charge is 2.18. The van der Waals surface area contributed by atoms with E-state index in [9.17, 15) is 14.7 Å². The number of rotatable bonds is 7. The summed E-state index contributed by atoms with van der Waals surface area (Å²) in [6.07, 6.45) is 0.843. The third kappa shape index (κ3) is 3.63. The molecule has 0 spiro atoms. The van der Waals surface area contributed by atoms with Crippen molar-refractivity contribution in [2.75, 3.05) is 17.2 Å². The smallest absolute Gasteiger partial charge is 0.337 e. The lowest BCUT2D eigenvalue weighted by atomic mass is 10.0. The number of amides is 1. The molecule has 0 aliphatic carbocycles. The van der Waals surface area contributed by atoms with Crippen LogP contribution in [-0.2, 0) is 0 Å². The van der Waals surface area contributed by atoms with Gasteiger partial charge in [0.2, 0.25) is 0 Å². The number of nitrogens with one attached hydrogen (secondary N) is 2. The largest absolute Gasteiger partial charge is 0.478 e. The molecule has 1 aromatic carbocycles. The van der Waals surface area contributed by atoms with E-state index in [0.717, 1.165) is 6.42 Å². The van der Waals surface area contributed by atoms with Crippen molar-refractivity contribution in [1.82, 2.24) is 0 Å². The summed E-state index contributed by atoms with van der Waals surface area (Å²) in [6, 6.07) is 3.05. The van der Waals surface area contributed by atoms with E-state index in [1.807, 2.05) is 20.8 Å². The molecule has 6 heteroatoms. The van der Waals surface area contributed by atoms with Crippen molar-refractivity contribution < 1.29 is 14.7 Å². The van der Waals surface area contributed by atoms with E-state index in [4.69, 9.17) is 5.73 Å². The molecule has 0 saturated heterocycles. The zero-order valence-corrected chi connectivity index (χ0v) is 12.0. The van der Waals surface area contributed by atoms with E-state index in [1.54, 1.807) is 0 Å². The van der Waals surface area contributed by atoms with Crippen LogP contribution in [0.4, 0.5) is 11.4 Å². The molecule has 0 bridgehead atoms. The third-order valence-electron chi connectivity index (χ3n) is 3.04. The van der Waals surface area contributed by atoms with Gasteiger partial charge in [0.15, 0.2) is 0 Å². The highest BCUT2D eigenvalue weighted by Crippen LogP contribution is 2.26. The summed E-state index contributed by atoms with van der Waals surface area (Å²) in [5.74, 6) is -1.64. The van der Waals surface area contributed by atoms with E-state index in [-0.39, 0.29) is 17.2 Å². The maximum Gasteiger partial charge on any atom is 0.337 e. The van der Waals surface area contributed by atoms with Gasteiger partial charge >= 0.3 is 5.97 Å². The van der Waals surface area contributed by atoms with E-state index in [0.29, 0.717) is 17.9 Å². The van der Waals surface area contributed by atoms with Gasteiger partial charge in [-0.1, -0.05) is 6.92 Å². The lowest BCUT2D eigenvalue weighted by Crippen LogP contribution is -2.21. The number of anilines is 2. The summed E-state index contributed by atoms with van der Waals surface area (Å²) in [6.45, 7) is 6.34. The Morgan fingerprint density at radius 2 is 1.85 bits per heavy atom. The minimum atomic E-state index is -1.05. The van der Waals surface area contributed by atoms with Crippen LogP contribution in [0.5, 0.6) is 0 Å². The summed E-state index contributed by atoms with van der Waals surface area (Å²) in [5.41, 5.74) is 6.61. The molecule has 0 aliphatic rings. The molecule has 1 aromatic rings. The normalized spacial score (nSPS) is 11.8. The van der Waals surface area contributed by atoms with Crippen LogP contribution in [-0.4, -0.2) is 29.6 Å². The summed E-state index contributed by atoms with van der Waals surface area (Å²) in [7, 11) is 0. The molecule has 20 heavy (non-hydrogen) atoms. The van der Waals surface area contributed by atoms with E-state index >= 15 is 0 Å². The van der Waals surface area contributed by atoms with E-state index in [2.05, 4.69) is 10.6 Å². The maximum atomic E-state index is 11.5. The van der Waals surface area contributed by atoms with Gasteiger partial charge in [-0.25, -0.2) is 4.79 Å². The van der Waals surface area contributed by atoms with Crippen LogP contribution in [0.3, 0.4) is 0 Å². The molecule has 0 heterocycles. The van der Waals surface area contributed by atoms with E-state index in [1.165, 1.54) is 12.1 Å². The van der Waals surface area contributed by atoms with Gasteiger partial charge in [0.05, 0.1) is 11.1 Å². The molecule has 0 aromatic heterocycles. The second-order valence-corrected chi connectivity index (χ2v) is 4.60. The summed E-state index contributed by atoms with van der Waals surface area (Å²) in [5, 5.41) is 15.3. The van der Waals surface area contributed by atoms with Crippen molar-refractivity contribution >= 4 is 23.3 Å². The monoisotopic (exact) mass is 279 g/mol. The first-order valence-electron chi connectivity index (χ1n) is 6.62. The van der Waals surface area contributed by atoms with Crippen molar-refractivity contribution in [3.8, 4) is 0 Å². The zero-order valence-electron chi connectivity index (χ0n) is 12.0. The number of hydrogen-bond donors (Lipinski definition) is 4. The van der Waals surface area contributed by atoms with Crippen molar-refractivity contribution in [3.05, 3.63) is 23.3 Å². The third-order valence-corrected chi connectivity index (χ3v) is 3.04. The molecule has 0 fully saturated rings. The Morgan fingerprint density at radius 3 is 2.30 bits per heavy atom. The first kappa shape index (κ1) is 15.8. The van der Waals surface area contributed by atoms with Gasteiger partial charge in [-0.3, -0.25) is 4.79 Å². The van der Waals surface area contributed by atoms with Crippen LogP contribution in [0, 0.1) is 0 Å². The number of benzene rings is 1. The number of aromatic carboxylic acids is 1. The summed E-state index contributed by atoms with van der Waals surface area (Å²) < 4.78 is 0. The number of carboxylic acid groups (broad SMARTS) is 1. The van der Waals surface area contributed by atoms with Crippen LogP contribution in [0.1, 0.15) is 47.9 Å². The predicted molar refractivity (Wildman–Crippen MR) is 79.5 cm³/mol. The van der Waals surface area contributed by atoms with E-state index < -0.39 is 11.9 Å². The highest BCUT2D eigenvalue weighted by molar-refractivity contribution is 6.04. The Bertz CT molecular complexity index is 515. The number of nitrogens with two attached hydrogens (primary N) is 1. The van der Waals surface area contributed by atoms with Gasteiger partial charge in [0.25, 0.3) is 5.91 Å². The number of carbonyl (C=O) groups excluding carboxylic acids is 1.